The van der Waals surface area contributed by atoms with E-state index in [4.69, 9.17) is 29.2 Å². The number of halogens is 1. The molecule has 0 aromatic carbocycles. The number of aliphatic carboxylic acids is 2. The molecule has 13 heteroatoms. The van der Waals surface area contributed by atoms with Gasteiger partial charge in [0, 0.05) is 12.3 Å². The number of carboxylic acid groups (broad SMARTS) is 2. The Labute approximate surface area is 201 Å². The third kappa shape index (κ3) is 4.05. The van der Waals surface area contributed by atoms with Gasteiger partial charge in [0.05, 0.1) is 12.7 Å². The molecule has 3 unspecified atom stereocenters. The molecule has 6 fully saturated rings. The van der Waals surface area contributed by atoms with Gasteiger partial charge in [-0.25, -0.2) is 23.4 Å². The van der Waals surface area contributed by atoms with Crippen molar-refractivity contribution in [1.82, 2.24) is 0 Å². The molecule has 0 amide bonds. The van der Waals surface area contributed by atoms with Crippen LogP contribution >= 0.6 is 7.82 Å². The van der Waals surface area contributed by atoms with Gasteiger partial charge in [-0.05, 0) is 75.0 Å². The van der Waals surface area contributed by atoms with Crippen LogP contribution in [0.3, 0.4) is 0 Å². The Kier molecular flexibility index (Phi) is 6.35. The Bertz CT molecular complexity index is 879. The van der Waals surface area contributed by atoms with Crippen LogP contribution in [0.4, 0.5) is 4.39 Å². The highest BCUT2D eigenvalue weighted by Crippen LogP contribution is 2.69. The normalized spacial score (nSPS) is 42.7. The van der Waals surface area contributed by atoms with Gasteiger partial charge < -0.3 is 24.7 Å². The van der Waals surface area contributed by atoms with Gasteiger partial charge in [0.25, 0.3) is 0 Å². The number of hydrogen-bond acceptors (Lipinski definition) is 7. The Hall–Kier alpha value is -1.14. The lowest BCUT2D eigenvalue weighted by atomic mass is 9.46. The van der Waals surface area contributed by atoms with Gasteiger partial charge in [-0.1, -0.05) is 6.42 Å². The topological polar surface area (TPSA) is 169 Å². The maximum atomic E-state index is 14.7. The van der Waals surface area contributed by atoms with Gasteiger partial charge in [-0.2, -0.15) is 4.89 Å². The minimum atomic E-state index is -4.72. The third-order valence-electron chi connectivity index (χ3n) is 9.09. The van der Waals surface area contributed by atoms with E-state index >= 15 is 0 Å². The fourth-order valence-corrected chi connectivity index (χ4v) is 8.46. The van der Waals surface area contributed by atoms with Gasteiger partial charge in [0.2, 0.25) is 5.79 Å². The summed E-state index contributed by atoms with van der Waals surface area (Å²) in [7, 11) is -4.72. The summed E-state index contributed by atoms with van der Waals surface area (Å²) in [6.07, 6.45) is 5.02. The summed E-state index contributed by atoms with van der Waals surface area (Å²) in [6.45, 7) is -0.535. The zero-order chi connectivity index (χ0) is 25.2. The zero-order valence-corrected chi connectivity index (χ0v) is 20.1. The molecule has 0 radical (unpaired) electrons. The molecule has 11 nitrogen and oxygen atoms in total. The smallest absolute Gasteiger partial charge is 0.469 e. The predicted molar refractivity (Wildman–Crippen MR) is 113 cm³/mol. The van der Waals surface area contributed by atoms with Crippen molar-refractivity contribution in [3.8, 4) is 0 Å². The molecule has 3 atom stereocenters. The van der Waals surface area contributed by atoms with Crippen molar-refractivity contribution in [2.75, 3.05) is 6.61 Å². The molecule has 4 N–H and O–H groups in total. The Morgan fingerprint density at radius 1 is 0.943 bits per heavy atom. The van der Waals surface area contributed by atoms with E-state index in [1.807, 2.05) is 0 Å². The first kappa shape index (κ1) is 25.5. The first-order chi connectivity index (χ1) is 16.4. The fraction of sp³-hybridized carbons (Fsp3) is 0.909. The number of rotatable bonds is 9. The molecule has 0 aromatic heterocycles. The molecule has 35 heavy (non-hydrogen) atoms. The summed E-state index contributed by atoms with van der Waals surface area (Å²) in [5, 5.41) is 18.3. The molecule has 1 spiro atoms. The van der Waals surface area contributed by atoms with Crippen molar-refractivity contribution in [1.29, 1.82) is 0 Å². The monoisotopic (exact) mass is 522 g/mol. The molecule has 1 heterocycles. The summed E-state index contributed by atoms with van der Waals surface area (Å²) in [5.74, 6) is -4.63. The van der Waals surface area contributed by atoms with Crippen LogP contribution in [0.25, 0.3) is 0 Å². The molecular formula is C22H32FO11P. The van der Waals surface area contributed by atoms with Gasteiger partial charge in [0.1, 0.15) is 0 Å². The number of carboxylic acids is 2. The molecule has 4 bridgehead atoms. The molecule has 1 aliphatic heterocycles. The van der Waals surface area contributed by atoms with Crippen LogP contribution in [0, 0.1) is 29.6 Å². The Balaban J connectivity index is 1.43. The summed E-state index contributed by atoms with van der Waals surface area (Å²) in [5.41, 5.74) is -4.36. The van der Waals surface area contributed by atoms with Crippen molar-refractivity contribution < 1.29 is 57.6 Å². The van der Waals surface area contributed by atoms with E-state index in [1.165, 1.54) is 6.42 Å². The molecule has 6 aliphatic rings. The van der Waals surface area contributed by atoms with Crippen LogP contribution in [0.2, 0.25) is 0 Å². The van der Waals surface area contributed by atoms with Crippen LogP contribution in [0.5, 0.6) is 0 Å². The van der Waals surface area contributed by atoms with Crippen molar-refractivity contribution in [3.05, 3.63) is 0 Å². The predicted octanol–water partition coefficient (Wildman–Crippen LogP) is 2.79. The maximum absolute atomic E-state index is 14.7. The highest BCUT2D eigenvalue weighted by Gasteiger charge is 2.78. The molecule has 6 rings (SSSR count). The van der Waals surface area contributed by atoms with Gasteiger partial charge in [0.15, 0.2) is 5.60 Å². The van der Waals surface area contributed by atoms with Gasteiger partial charge in [-0.3, -0.25) is 4.52 Å². The van der Waals surface area contributed by atoms with Crippen LogP contribution in [0.15, 0.2) is 0 Å². The highest BCUT2D eigenvalue weighted by molar-refractivity contribution is 7.46. The lowest BCUT2D eigenvalue weighted by Gasteiger charge is -2.70. The second-order valence-electron chi connectivity index (χ2n) is 11.0. The van der Waals surface area contributed by atoms with Crippen molar-refractivity contribution in [2.45, 2.75) is 87.4 Å². The second-order valence-corrected chi connectivity index (χ2v) is 12.2. The number of hydrogen-bond donors (Lipinski definition) is 4. The second kappa shape index (κ2) is 8.72. The Morgan fingerprint density at radius 3 is 2.03 bits per heavy atom. The minimum absolute atomic E-state index is 0.115. The van der Waals surface area contributed by atoms with Crippen LogP contribution in [0.1, 0.15) is 64.2 Å². The van der Waals surface area contributed by atoms with E-state index < -0.39 is 61.9 Å². The first-order valence-electron chi connectivity index (χ1n) is 12.3. The number of phosphoric ester groups is 1. The lowest BCUT2D eigenvalue weighted by Crippen LogP contribution is -2.81. The van der Waals surface area contributed by atoms with Crippen molar-refractivity contribution >= 4 is 19.8 Å². The fourth-order valence-electron chi connectivity index (χ4n) is 7.88. The van der Waals surface area contributed by atoms with E-state index in [1.54, 1.807) is 0 Å². The Morgan fingerprint density at radius 2 is 1.54 bits per heavy atom. The number of alkyl halides is 1. The summed E-state index contributed by atoms with van der Waals surface area (Å²) < 4.78 is 37.3. The molecule has 5 saturated carbocycles. The number of phosphoric acid groups is 1. The maximum Gasteiger partial charge on any atom is 0.469 e. The molecule has 0 aromatic rings. The van der Waals surface area contributed by atoms with Gasteiger partial charge >= 0.3 is 25.4 Å². The SMILES string of the molecule is O=C(O)C(F)(CCOC1(C2CCCC(OP(=O)(O)O)C2)OOC12C1CC3CC(C1)CC2C3)C(=O)O. The number of carbonyl (C=O) groups is 2. The van der Waals surface area contributed by atoms with E-state index in [0.29, 0.717) is 31.1 Å². The average molecular weight is 522 g/mol. The highest BCUT2D eigenvalue weighted by atomic mass is 31.2. The van der Waals surface area contributed by atoms with E-state index in [2.05, 4.69) is 0 Å². The van der Waals surface area contributed by atoms with Crippen LogP contribution in [-0.4, -0.2) is 61.7 Å². The molecule has 5 aliphatic carbocycles. The third-order valence-corrected chi connectivity index (χ3v) is 9.66. The lowest BCUT2D eigenvalue weighted by molar-refractivity contribution is -0.649. The molecule has 1 saturated heterocycles. The zero-order valence-electron chi connectivity index (χ0n) is 19.2. The summed E-state index contributed by atoms with van der Waals surface area (Å²) in [6, 6.07) is 0. The number of ether oxygens (including phenoxy) is 1. The first-order valence-corrected chi connectivity index (χ1v) is 13.8. The average Bonchev–Trinajstić information content (AvgIpc) is 2.74. The van der Waals surface area contributed by atoms with Crippen molar-refractivity contribution in [3.63, 3.8) is 0 Å². The van der Waals surface area contributed by atoms with Crippen molar-refractivity contribution in [2.24, 2.45) is 29.6 Å². The van der Waals surface area contributed by atoms with E-state index in [0.717, 1.165) is 25.7 Å². The minimum Gasteiger partial charge on any atom is -0.478 e. The van der Waals surface area contributed by atoms with Gasteiger partial charge in [-0.15, -0.1) is 0 Å². The summed E-state index contributed by atoms with van der Waals surface area (Å²) >= 11 is 0. The standard InChI is InChI=1S/C22H32FO11P/c23-20(18(24)25,19(26)27)4-5-31-22(14-2-1-3-17(11-14)32-35(28,29)30)21(33-34-22)15-7-12-6-13(9-15)10-16(21)8-12/h12-17H,1-11H2,(H,24,25)(H,26,27)(H2,28,29,30). The molecular weight excluding hydrogens is 490 g/mol. The summed E-state index contributed by atoms with van der Waals surface area (Å²) in [4.78, 5) is 53.0. The largest absolute Gasteiger partial charge is 0.478 e. The van der Waals surface area contributed by atoms with E-state index in [-0.39, 0.29) is 18.3 Å². The van der Waals surface area contributed by atoms with Crippen LogP contribution in [-0.2, 0) is 33.2 Å². The molecule has 198 valence electrons. The van der Waals surface area contributed by atoms with Crippen LogP contribution < -0.4 is 0 Å². The quantitative estimate of drug-likeness (QED) is 0.200. The van der Waals surface area contributed by atoms with E-state index in [9.17, 15) is 28.3 Å².